The number of carbonyl (C=O) groups is 1. The molecule has 0 unspecified atom stereocenters. The third-order valence-electron chi connectivity index (χ3n) is 3.44. The van der Waals surface area contributed by atoms with Crippen LogP contribution in [0.4, 0.5) is 0 Å². The molecule has 0 radical (unpaired) electrons. The Balaban J connectivity index is 2.15. The molecule has 0 spiro atoms. The van der Waals surface area contributed by atoms with Crippen molar-refractivity contribution in [3.63, 3.8) is 0 Å². The smallest absolute Gasteiger partial charge is 0.173 e. The Morgan fingerprint density at radius 3 is 2.09 bits per heavy atom. The van der Waals surface area contributed by atoms with Gasteiger partial charge in [0.15, 0.2) is 5.78 Å². The van der Waals surface area contributed by atoms with Crippen LogP contribution in [-0.4, -0.2) is 17.7 Å². The lowest BCUT2D eigenvalue weighted by molar-refractivity contribution is 0.102. The molecule has 0 aliphatic rings. The van der Waals surface area contributed by atoms with Gasteiger partial charge < -0.3 is 9.47 Å². The van der Waals surface area contributed by atoms with Gasteiger partial charge in [0.25, 0.3) is 0 Å². The lowest BCUT2D eigenvalue weighted by Crippen LogP contribution is -2.05. The number of hydrogen-bond donors (Lipinski definition) is 0. The Kier molecular flexibility index (Phi) is 6.22. The average Bonchev–Trinajstić information content (AvgIpc) is 2.53. The van der Waals surface area contributed by atoms with Crippen LogP contribution in [0.1, 0.15) is 34.8 Å². The summed E-state index contributed by atoms with van der Waals surface area (Å²) in [6.45, 7) is 6.64. The van der Waals surface area contributed by atoms with Gasteiger partial charge in [0.1, 0.15) is 17.2 Å². The number of Topliss-reactive ketones (excluding diaryl/α,β-unsaturated/α-hetero) is 1. The number of aryl methyl sites for hydroxylation is 2. The predicted octanol–water partition coefficient (Wildman–Crippen LogP) is 5.46. The summed E-state index contributed by atoms with van der Waals surface area (Å²) in [5.41, 5.74) is 2.61. The molecule has 4 heteroatoms. The molecule has 23 heavy (non-hydrogen) atoms. The van der Waals surface area contributed by atoms with Gasteiger partial charge in [-0.3, -0.25) is 4.79 Å². The second-order valence-electron chi connectivity index (χ2n) is 5.41. The summed E-state index contributed by atoms with van der Waals surface area (Å²) >= 11 is 3.22. The van der Waals surface area contributed by atoms with Crippen molar-refractivity contribution in [1.82, 2.24) is 0 Å². The molecule has 0 heterocycles. The van der Waals surface area contributed by atoms with Crippen LogP contribution in [0.2, 0.25) is 0 Å². The van der Waals surface area contributed by atoms with Gasteiger partial charge in [-0.1, -0.05) is 22.9 Å². The fourth-order valence-corrected chi connectivity index (χ4v) is 2.73. The molecule has 0 atom stereocenters. The first-order valence-corrected chi connectivity index (χ1v) is 8.78. The monoisotopic (exact) mass is 376 g/mol. The highest BCUT2D eigenvalue weighted by molar-refractivity contribution is 9.09. The number of benzene rings is 2. The van der Waals surface area contributed by atoms with E-state index >= 15 is 0 Å². The molecule has 0 aliphatic heterocycles. The Hall–Kier alpha value is -1.81. The molecule has 122 valence electrons. The molecular formula is C19H21BrO3. The molecule has 3 nitrogen and oxygen atoms in total. The summed E-state index contributed by atoms with van der Waals surface area (Å²) in [6, 6.07) is 11.3. The number of rotatable bonds is 7. The minimum Gasteiger partial charge on any atom is -0.494 e. The van der Waals surface area contributed by atoms with Gasteiger partial charge in [-0.2, -0.15) is 0 Å². The molecule has 2 rings (SSSR count). The van der Waals surface area contributed by atoms with E-state index in [4.69, 9.17) is 9.47 Å². The van der Waals surface area contributed by atoms with E-state index in [1.165, 1.54) is 0 Å². The van der Waals surface area contributed by atoms with Crippen LogP contribution >= 0.6 is 15.9 Å². The molecule has 0 aliphatic carbocycles. The third-order valence-corrected chi connectivity index (χ3v) is 3.95. The van der Waals surface area contributed by atoms with Gasteiger partial charge in [-0.05, 0) is 67.8 Å². The minimum atomic E-state index is 0.0870. The molecule has 2 aromatic carbocycles. The second kappa shape index (κ2) is 8.16. The van der Waals surface area contributed by atoms with Crippen molar-refractivity contribution in [2.45, 2.75) is 27.2 Å². The van der Waals surface area contributed by atoms with E-state index in [1.54, 1.807) is 0 Å². The summed E-state index contributed by atoms with van der Waals surface area (Å²) < 4.78 is 11.4. The van der Waals surface area contributed by atoms with Crippen LogP contribution in [0.5, 0.6) is 17.2 Å². The van der Waals surface area contributed by atoms with E-state index in [0.29, 0.717) is 11.9 Å². The van der Waals surface area contributed by atoms with Gasteiger partial charge in [-0.15, -0.1) is 0 Å². The zero-order chi connectivity index (χ0) is 16.8. The number of alkyl halides is 1. The zero-order valence-electron chi connectivity index (χ0n) is 13.7. The fraction of sp³-hybridized carbons (Fsp3) is 0.316. The van der Waals surface area contributed by atoms with E-state index in [0.717, 1.165) is 40.4 Å². The highest BCUT2D eigenvalue weighted by atomic mass is 79.9. The van der Waals surface area contributed by atoms with Gasteiger partial charge in [0.05, 0.1) is 11.9 Å². The Morgan fingerprint density at radius 1 is 1.00 bits per heavy atom. The molecule has 0 amide bonds. The van der Waals surface area contributed by atoms with E-state index < -0.39 is 0 Å². The third kappa shape index (κ3) is 4.58. The Morgan fingerprint density at radius 2 is 1.57 bits per heavy atom. The summed E-state index contributed by atoms with van der Waals surface area (Å²) in [6.07, 6.45) is 0.982. The van der Waals surface area contributed by atoms with Crippen LogP contribution in [0.25, 0.3) is 0 Å². The lowest BCUT2D eigenvalue weighted by atomic mass is 9.99. The van der Waals surface area contributed by atoms with Crippen molar-refractivity contribution in [2.24, 2.45) is 0 Å². The maximum absolute atomic E-state index is 11.9. The quantitative estimate of drug-likeness (QED) is 0.475. The van der Waals surface area contributed by atoms with E-state index in [-0.39, 0.29) is 5.78 Å². The standard InChI is InChI=1S/C19H21BrO3/c1-4-9-22-15-5-7-16(8-6-15)23-17-10-13(2)19(14(3)11-17)18(21)12-20/h5-8,10-11H,4,9,12H2,1-3H3. The maximum atomic E-state index is 11.9. The molecule has 2 aromatic rings. The summed E-state index contributed by atoms with van der Waals surface area (Å²) in [5.74, 6) is 2.40. The molecule has 0 saturated heterocycles. The van der Waals surface area contributed by atoms with E-state index in [2.05, 4.69) is 22.9 Å². The van der Waals surface area contributed by atoms with Crippen molar-refractivity contribution in [1.29, 1.82) is 0 Å². The largest absolute Gasteiger partial charge is 0.494 e. The summed E-state index contributed by atoms with van der Waals surface area (Å²) in [7, 11) is 0. The number of halogens is 1. The summed E-state index contributed by atoms with van der Waals surface area (Å²) in [5, 5.41) is 0.327. The highest BCUT2D eigenvalue weighted by Crippen LogP contribution is 2.28. The SMILES string of the molecule is CCCOc1ccc(Oc2cc(C)c(C(=O)CBr)c(C)c2)cc1. The number of ketones is 1. The van der Waals surface area contributed by atoms with Gasteiger partial charge in [-0.25, -0.2) is 0 Å². The minimum absolute atomic E-state index is 0.0870. The normalized spacial score (nSPS) is 10.4. The molecule has 0 saturated carbocycles. The molecule has 0 N–H and O–H groups in total. The van der Waals surface area contributed by atoms with Crippen LogP contribution in [0.15, 0.2) is 36.4 Å². The van der Waals surface area contributed by atoms with Crippen molar-refractivity contribution in [3.05, 3.63) is 53.1 Å². The first kappa shape index (κ1) is 17.5. The lowest BCUT2D eigenvalue weighted by Gasteiger charge is -2.12. The predicted molar refractivity (Wildman–Crippen MR) is 96.3 cm³/mol. The van der Waals surface area contributed by atoms with Crippen LogP contribution < -0.4 is 9.47 Å². The molecule has 0 aromatic heterocycles. The van der Waals surface area contributed by atoms with E-state index in [1.807, 2.05) is 50.2 Å². The number of carbonyl (C=O) groups excluding carboxylic acids is 1. The Bertz CT molecular complexity index is 655. The summed E-state index contributed by atoms with van der Waals surface area (Å²) in [4.78, 5) is 11.9. The van der Waals surface area contributed by atoms with Gasteiger partial charge in [0, 0.05) is 5.56 Å². The topological polar surface area (TPSA) is 35.5 Å². The average molecular weight is 377 g/mol. The number of ether oxygens (including phenoxy) is 2. The number of hydrogen-bond acceptors (Lipinski definition) is 3. The zero-order valence-corrected chi connectivity index (χ0v) is 15.3. The van der Waals surface area contributed by atoms with Crippen LogP contribution in [0, 0.1) is 13.8 Å². The van der Waals surface area contributed by atoms with Gasteiger partial charge >= 0.3 is 0 Å². The maximum Gasteiger partial charge on any atom is 0.173 e. The van der Waals surface area contributed by atoms with Crippen molar-refractivity contribution in [3.8, 4) is 17.2 Å². The van der Waals surface area contributed by atoms with E-state index in [9.17, 15) is 4.79 Å². The molecule has 0 bridgehead atoms. The Labute approximate surface area is 145 Å². The van der Waals surface area contributed by atoms with Crippen LogP contribution in [0.3, 0.4) is 0 Å². The molecule has 0 fully saturated rings. The van der Waals surface area contributed by atoms with Crippen LogP contribution in [-0.2, 0) is 0 Å². The van der Waals surface area contributed by atoms with Crippen molar-refractivity contribution >= 4 is 21.7 Å². The first-order chi connectivity index (χ1) is 11.0. The second-order valence-corrected chi connectivity index (χ2v) is 5.97. The highest BCUT2D eigenvalue weighted by Gasteiger charge is 2.13. The van der Waals surface area contributed by atoms with Crippen molar-refractivity contribution in [2.75, 3.05) is 11.9 Å². The van der Waals surface area contributed by atoms with Gasteiger partial charge in [0.2, 0.25) is 0 Å². The fourth-order valence-electron chi connectivity index (χ4n) is 2.45. The molecular weight excluding hydrogens is 356 g/mol. The first-order valence-electron chi connectivity index (χ1n) is 7.66. The van der Waals surface area contributed by atoms with Crippen molar-refractivity contribution < 1.29 is 14.3 Å².